The van der Waals surface area contributed by atoms with Crippen LogP contribution in [0.4, 0.5) is 0 Å². The first-order chi connectivity index (χ1) is 16.4. The van der Waals surface area contributed by atoms with Crippen molar-refractivity contribution in [3.63, 3.8) is 0 Å². The Morgan fingerprint density at radius 2 is 1.68 bits per heavy atom. The Kier molecular flexibility index (Phi) is 8.76. The van der Waals surface area contributed by atoms with Crippen LogP contribution in [0.5, 0.6) is 17.2 Å². The van der Waals surface area contributed by atoms with Gasteiger partial charge < -0.3 is 29.2 Å². The van der Waals surface area contributed by atoms with E-state index in [1.807, 2.05) is 43.3 Å². The molecule has 1 fully saturated rings. The van der Waals surface area contributed by atoms with Crippen LogP contribution in [-0.4, -0.2) is 71.4 Å². The number of amides is 2. The molecule has 8 heteroatoms. The van der Waals surface area contributed by atoms with Gasteiger partial charge >= 0.3 is 0 Å². The summed E-state index contributed by atoms with van der Waals surface area (Å²) in [5, 5.41) is 3.01. The van der Waals surface area contributed by atoms with Crippen LogP contribution in [0.1, 0.15) is 33.8 Å². The highest BCUT2D eigenvalue weighted by molar-refractivity contribution is 5.96. The first-order valence-corrected chi connectivity index (χ1v) is 11.4. The van der Waals surface area contributed by atoms with E-state index in [9.17, 15) is 9.59 Å². The molecule has 184 valence electrons. The normalized spacial score (nSPS) is 17.4. The van der Waals surface area contributed by atoms with Crippen molar-refractivity contribution in [2.75, 3.05) is 54.7 Å². The monoisotopic (exact) mass is 470 g/mol. The Labute approximate surface area is 201 Å². The lowest BCUT2D eigenvalue weighted by molar-refractivity contribution is -0.125. The van der Waals surface area contributed by atoms with E-state index in [1.165, 1.54) is 0 Å². The predicted octanol–water partition coefficient (Wildman–Crippen LogP) is 3.03. The highest BCUT2D eigenvalue weighted by Crippen LogP contribution is 2.43. The number of likely N-dealkylation sites (tertiary alicyclic amines) is 1. The first kappa shape index (κ1) is 25.4. The smallest absolute Gasteiger partial charge is 0.254 e. The Bertz CT molecular complexity index is 984. The minimum Gasteiger partial charge on any atom is -0.493 e. The highest BCUT2D eigenvalue weighted by atomic mass is 16.5. The molecule has 0 spiro atoms. The number of hydrogen-bond acceptors (Lipinski definition) is 6. The van der Waals surface area contributed by atoms with Gasteiger partial charge in [-0.1, -0.05) is 18.2 Å². The van der Waals surface area contributed by atoms with Crippen molar-refractivity contribution in [1.82, 2.24) is 10.2 Å². The number of ether oxygens (including phenoxy) is 4. The van der Waals surface area contributed by atoms with Crippen molar-refractivity contribution in [3.05, 3.63) is 53.1 Å². The van der Waals surface area contributed by atoms with E-state index in [0.29, 0.717) is 49.1 Å². The summed E-state index contributed by atoms with van der Waals surface area (Å²) in [6.45, 7) is 3.72. The van der Waals surface area contributed by atoms with E-state index in [0.717, 1.165) is 17.5 Å². The molecule has 0 bridgehead atoms. The van der Waals surface area contributed by atoms with Crippen molar-refractivity contribution in [2.45, 2.75) is 19.3 Å². The lowest BCUT2D eigenvalue weighted by atomic mass is 9.88. The molecule has 0 radical (unpaired) electrons. The van der Waals surface area contributed by atoms with Crippen molar-refractivity contribution in [1.29, 1.82) is 0 Å². The van der Waals surface area contributed by atoms with Crippen LogP contribution in [0.25, 0.3) is 0 Å². The molecule has 1 heterocycles. The zero-order valence-electron chi connectivity index (χ0n) is 20.6. The van der Waals surface area contributed by atoms with Crippen molar-refractivity contribution in [3.8, 4) is 17.2 Å². The van der Waals surface area contributed by atoms with E-state index < -0.39 is 5.92 Å². The minimum atomic E-state index is -0.418. The summed E-state index contributed by atoms with van der Waals surface area (Å²) in [7, 11) is 6.30. The molecule has 0 aromatic heterocycles. The first-order valence-electron chi connectivity index (χ1n) is 11.4. The molecule has 0 saturated carbocycles. The molecule has 2 amide bonds. The summed E-state index contributed by atoms with van der Waals surface area (Å²) in [4.78, 5) is 28.3. The molecule has 8 nitrogen and oxygen atoms in total. The van der Waals surface area contributed by atoms with Crippen LogP contribution in [0.2, 0.25) is 0 Å². The lowest BCUT2D eigenvalue weighted by Gasteiger charge is -2.21. The topological polar surface area (TPSA) is 86.3 Å². The Morgan fingerprint density at radius 1 is 1.00 bits per heavy atom. The van der Waals surface area contributed by atoms with Crippen LogP contribution >= 0.6 is 0 Å². The number of hydrogen-bond donors (Lipinski definition) is 1. The molecular weight excluding hydrogens is 436 g/mol. The van der Waals surface area contributed by atoms with Crippen molar-refractivity contribution < 1.29 is 28.5 Å². The van der Waals surface area contributed by atoms with Gasteiger partial charge in [0.05, 0.1) is 27.2 Å². The molecule has 1 aliphatic heterocycles. The quantitative estimate of drug-likeness (QED) is 0.537. The third-order valence-electron chi connectivity index (χ3n) is 6.26. The second kappa shape index (κ2) is 11.7. The van der Waals surface area contributed by atoms with Crippen LogP contribution in [0, 0.1) is 12.8 Å². The van der Waals surface area contributed by atoms with E-state index in [4.69, 9.17) is 18.9 Å². The van der Waals surface area contributed by atoms with Gasteiger partial charge in [-0.25, -0.2) is 0 Å². The van der Waals surface area contributed by atoms with Crippen LogP contribution < -0.4 is 19.5 Å². The molecule has 1 saturated heterocycles. The maximum atomic E-state index is 13.4. The summed E-state index contributed by atoms with van der Waals surface area (Å²) < 4.78 is 21.6. The second-order valence-electron chi connectivity index (χ2n) is 8.33. The average Bonchev–Trinajstić information content (AvgIpc) is 3.31. The Hall–Kier alpha value is -3.26. The van der Waals surface area contributed by atoms with Gasteiger partial charge in [0.25, 0.3) is 5.91 Å². The number of methoxy groups -OCH3 is 4. The third kappa shape index (κ3) is 5.44. The highest BCUT2D eigenvalue weighted by Gasteiger charge is 2.41. The average molecular weight is 471 g/mol. The molecule has 0 unspecified atom stereocenters. The minimum absolute atomic E-state index is 0.0785. The number of aryl methyl sites for hydroxylation is 1. The number of rotatable bonds is 10. The second-order valence-corrected chi connectivity index (χ2v) is 8.33. The third-order valence-corrected chi connectivity index (χ3v) is 6.26. The largest absolute Gasteiger partial charge is 0.493 e. The number of carbonyl (C=O) groups excluding carboxylic acids is 2. The fourth-order valence-corrected chi connectivity index (χ4v) is 4.43. The van der Waals surface area contributed by atoms with Gasteiger partial charge in [0.2, 0.25) is 11.7 Å². The summed E-state index contributed by atoms with van der Waals surface area (Å²) in [5.41, 5.74) is 2.41. The summed E-state index contributed by atoms with van der Waals surface area (Å²) >= 11 is 0. The number of nitrogens with zero attached hydrogens (tertiary/aromatic N) is 1. The van der Waals surface area contributed by atoms with E-state index >= 15 is 0 Å². The van der Waals surface area contributed by atoms with E-state index in [1.54, 1.807) is 33.3 Å². The molecule has 2 aromatic rings. The van der Waals surface area contributed by atoms with Gasteiger partial charge in [-0.3, -0.25) is 9.59 Å². The SMILES string of the molecule is COCCCNC(=O)[C@@H]1CN(C(=O)c2ccccc2C)C[C@@H]1c1cc(OC)c(OC)c(OC)c1. The zero-order valence-corrected chi connectivity index (χ0v) is 20.6. The molecule has 0 aliphatic carbocycles. The molecular formula is C26H34N2O6. The molecule has 34 heavy (non-hydrogen) atoms. The van der Waals surface area contributed by atoms with Crippen LogP contribution in [0.15, 0.2) is 36.4 Å². The molecule has 1 N–H and O–H groups in total. The number of nitrogens with one attached hydrogen (secondary N) is 1. The van der Waals surface area contributed by atoms with Gasteiger partial charge in [-0.2, -0.15) is 0 Å². The van der Waals surface area contributed by atoms with Gasteiger partial charge in [-0.15, -0.1) is 0 Å². The number of carbonyl (C=O) groups is 2. The van der Waals surface area contributed by atoms with E-state index in [2.05, 4.69) is 5.32 Å². The number of benzene rings is 2. The van der Waals surface area contributed by atoms with Crippen LogP contribution in [0.3, 0.4) is 0 Å². The van der Waals surface area contributed by atoms with Crippen LogP contribution in [-0.2, 0) is 9.53 Å². The maximum absolute atomic E-state index is 13.4. The molecule has 2 atom stereocenters. The standard InChI is InChI=1S/C26H34N2O6/c1-17-9-6-7-10-19(17)26(30)28-15-20(21(16-28)25(29)27-11-8-12-31-2)18-13-22(32-3)24(34-5)23(14-18)33-4/h6-7,9-10,13-14,20-21H,8,11-12,15-16H2,1-5H3,(H,27,29)/t20-,21-/m1/s1. The molecule has 1 aliphatic rings. The zero-order chi connectivity index (χ0) is 24.7. The van der Waals surface area contributed by atoms with Gasteiger partial charge in [-0.05, 0) is 42.7 Å². The van der Waals surface area contributed by atoms with E-state index in [-0.39, 0.29) is 17.7 Å². The van der Waals surface area contributed by atoms with Crippen molar-refractivity contribution in [2.24, 2.45) is 5.92 Å². The summed E-state index contributed by atoms with van der Waals surface area (Å²) in [6, 6.07) is 11.2. The van der Waals surface area contributed by atoms with Crippen molar-refractivity contribution >= 4 is 11.8 Å². The van der Waals surface area contributed by atoms with Gasteiger partial charge in [0.1, 0.15) is 0 Å². The summed E-state index contributed by atoms with van der Waals surface area (Å²) in [6.07, 6.45) is 0.718. The predicted molar refractivity (Wildman–Crippen MR) is 129 cm³/mol. The molecule has 2 aromatic carbocycles. The van der Waals surface area contributed by atoms with Gasteiger partial charge in [0, 0.05) is 44.8 Å². The lowest BCUT2D eigenvalue weighted by Crippen LogP contribution is -2.36. The van der Waals surface area contributed by atoms with Gasteiger partial charge in [0.15, 0.2) is 11.5 Å². The summed E-state index contributed by atoms with van der Waals surface area (Å²) in [5.74, 6) is 0.697. The Balaban J connectivity index is 1.94. The fourth-order valence-electron chi connectivity index (χ4n) is 4.43. The maximum Gasteiger partial charge on any atom is 0.254 e. The molecule has 3 rings (SSSR count). The fraction of sp³-hybridized carbons (Fsp3) is 0.462. The Morgan fingerprint density at radius 3 is 2.26 bits per heavy atom.